The summed E-state index contributed by atoms with van der Waals surface area (Å²) < 4.78 is 7.08. The Morgan fingerprint density at radius 1 is 1.38 bits per heavy atom. The highest BCUT2D eigenvalue weighted by molar-refractivity contribution is 5.80. The standard InChI is InChI=1S/C17H29N5O2/c1-4-18-16(19-12-14-6-9-21(3)13-14)20-15-7-10-22(11-8-15)17(23)24-5-2/h6,9,13,15H,4-5,7-8,10-12H2,1-3H3,(H2,18,19,20). The minimum atomic E-state index is -0.208. The van der Waals surface area contributed by atoms with Crippen molar-refractivity contribution in [1.82, 2.24) is 20.1 Å². The van der Waals surface area contributed by atoms with Crippen molar-refractivity contribution in [2.45, 2.75) is 39.3 Å². The van der Waals surface area contributed by atoms with E-state index >= 15 is 0 Å². The number of aryl methyl sites for hydroxylation is 1. The number of likely N-dealkylation sites (tertiary alicyclic amines) is 1. The maximum Gasteiger partial charge on any atom is 0.409 e. The molecule has 7 heteroatoms. The van der Waals surface area contributed by atoms with E-state index in [9.17, 15) is 4.79 Å². The number of nitrogens with zero attached hydrogens (tertiary/aromatic N) is 3. The van der Waals surface area contributed by atoms with Gasteiger partial charge in [0.15, 0.2) is 5.96 Å². The molecule has 2 heterocycles. The van der Waals surface area contributed by atoms with E-state index in [2.05, 4.69) is 34.8 Å². The van der Waals surface area contributed by atoms with E-state index in [0.717, 1.165) is 25.3 Å². The number of carbonyl (C=O) groups is 1. The summed E-state index contributed by atoms with van der Waals surface area (Å²) >= 11 is 0. The first-order valence-electron chi connectivity index (χ1n) is 8.69. The van der Waals surface area contributed by atoms with Crippen LogP contribution >= 0.6 is 0 Å². The Labute approximate surface area is 144 Å². The maximum absolute atomic E-state index is 11.7. The van der Waals surface area contributed by atoms with Crippen LogP contribution in [0.2, 0.25) is 0 Å². The third-order valence-corrected chi connectivity index (χ3v) is 4.02. The topological polar surface area (TPSA) is 70.9 Å². The number of rotatable bonds is 5. The van der Waals surface area contributed by atoms with Crippen molar-refractivity contribution in [2.24, 2.45) is 12.0 Å². The molecule has 1 amide bonds. The number of ether oxygens (including phenoxy) is 1. The first-order valence-corrected chi connectivity index (χ1v) is 8.69. The van der Waals surface area contributed by atoms with Gasteiger partial charge in [0.1, 0.15) is 0 Å². The van der Waals surface area contributed by atoms with Gasteiger partial charge in [-0.05, 0) is 38.3 Å². The summed E-state index contributed by atoms with van der Waals surface area (Å²) in [4.78, 5) is 18.2. The zero-order chi connectivity index (χ0) is 17.4. The fourth-order valence-corrected chi connectivity index (χ4v) is 2.76. The summed E-state index contributed by atoms with van der Waals surface area (Å²) in [6.07, 6.45) is 5.69. The van der Waals surface area contributed by atoms with E-state index < -0.39 is 0 Å². The average molecular weight is 335 g/mol. The minimum absolute atomic E-state index is 0.208. The highest BCUT2D eigenvalue weighted by Gasteiger charge is 2.23. The largest absolute Gasteiger partial charge is 0.450 e. The molecule has 134 valence electrons. The van der Waals surface area contributed by atoms with Gasteiger partial charge in [0, 0.05) is 45.1 Å². The zero-order valence-corrected chi connectivity index (χ0v) is 14.9. The molecule has 2 rings (SSSR count). The van der Waals surface area contributed by atoms with Crippen molar-refractivity contribution in [3.8, 4) is 0 Å². The number of carbonyl (C=O) groups excluding carboxylic acids is 1. The molecule has 1 aromatic heterocycles. The normalized spacial score (nSPS) is 16.1. The van der Waals surface area contributed by atoms with Gasteiger partial charge in [0.05, 0.1) is 13.2 Å². The number of amides is 1. The third kappa shape index (κ3) is 5.47. The maximum atomic E-state index is 11.7. The summed E-state index contributed by atoms with van der Waals surface area (Å²) in [5, 5.41) is 6.77. The van der Waals surface area contributed by atoms with Gasteiger partial charge in [-0.2, -0.15) is 0 Å². The van der Waals surface area contributed by atoms with Gasteiger partial charge in [-0.25, -0.2) is 9.79 Å². The van der Waals surface area contributed by atoms with Crippen LogP contribution < -0.4 is 10.6 Å². The molecule has 0 radical (unpaired) electrons. The van der Waals surface area contributed by atoms with Crippen LogP contribution in [-0.4, -0.2) is 53.8 Å². The predicted octanol–water partition coefficient (Wildman–Crippen LogP) is 1.70. The summed E-state index contributed by atoms with van der Waals surface area (Å²) in [6, 6.07) is 2.40. The van der Waals surface area contributed by atoms with Crippen molar-refractivity contribution < 1.29 is 9.53 Å². The summed E-state index contributed by atoms with van der Waals surface area (Å²) in [5.74, 6) is 0.830. The Morgan fingerprint density at radius 3 is 2.71 bits per heavy atom. The van der Waals surface area contributed by atoms with Crippen molar-refractivity contribution >= 4 is 12.1 Å². The minimum Gasteiger partial charge on any atom is -0.450 e. The molecule has 7 nitrogen and oxygen atoms in total. The number of aromatic nitrogens is 1. The van der Waals surface area contributed by atoms with Crippen LogP contribution in [0.3, 0.4) is 0 Å². The van der Waals surface area contributed by atoms with Gasteiger partial charge in [-0.15, -0.1) is 0 Å². The SMILES string of the molecule is CCNC(=NCc1ccn(C)c1)NC1CCN(C(=O)OCC)CC1. The van der Waals surface area contributed by atoms with Crippen LogP contribution in [-0.2, 0) is 18.3 Å². The van der Waals surface area contributed by atoms with Crippen molar-refractivity contribution in [3.05, 3.63) is 24.0 Å². The smallest absolute Gasteiger partial charge is 0.409 e. The van der Waals surface area contributed by atoms with E-state index in [1.807, 2.05) is 24.7 Å². The molecule has 24 heavy (non-hydrogen) atoms. The first-order chi connectivity index (χ1) is 11.6. The lowest BCUT2D eigenvalue weighted by molar-refractivity contribution is 0.0963. The lowest BCUT2D eigenvalue weighted by Gasteiger charge is -2.32. The van der Waals surface area contributed by atoms with Crippen molar-refractivity contribution in [2.75, 3.05) is 26.2 Å². The second kappa shape index (κ2) is 9.20. The van der Waals surface area contributed by atoms with Gasteiger partial charge < -0.3 is 24.8 Å². The highest BCUT2D eigenvalue weighted by Crippen LogP contribution is 2.11. The Hall–Kier alpha value is -2.18. The number of guanidine groups is 1. The molecule has 1 aliphatic rings. The van der Waals surface area contributed by atoms with Crippen LogP contribution in [0.5, 0.6) is 0 Å². The van der Waals surface area contributed by atoms with Crippen molar-refractivity contribution in [3.63, 3.8) is 0 Å². The predicted molar refractivity (Wildman–Crippen MR) is 95.0 cm³/mol. The van der Waals surface area contributed by atoms with Gasteiger partial charge in [-0.3, -0.25) is 0 Å². The number of nitrogens with one attached hydrogen (secondary N) is 2. The Morgan fingerprint density at radius 2 is 2.12 bits per heavy atom. The Bertz CT molecular complexity index is 547. The fraction of sp³-hybridized carbons (Fsp3) is 0.647. The van der Waals surface area contributed by atoms with Crippen LogP contribution in [0.15, 0.2) is 23.5 Å². The second-order valence-electron chi connectivity index (χ2n) is 5.98. The van der Waals surface area contributed by atoms with Gasteiger partial charge in [0.25, 0.3) is 0 Å². The Balaban J connectivity index is 1.84. The van der Waals surface area contributed by atoms with Crippen LogP contribution in [0, 0.1) is 0 Å². The third-order valence-electron chi connectivity index (χ3n) is 4.02. The molecule has 1 aromatic rings. The van der Waals surface area contributed by atoms with E-state index in [-0.39, 0.29) is 6.09 Å². The molecule has 1 fully saturated rings. The average Bonchev–Trinajstić information content (AvgIpc) is 2.99. The number of piperidine rings is 1. The molecule has 1 aliphatic heterocycles. The molecule has 0 aliphatic carbocycles. The molecule has 1 saturated heterocycles. The van der Waals surface area contributed by atoms with E-state index in [1.165, 1.54) is 5.56 Å². The van der Waals surface area contributed by atoms with E-state index in [4.69, 9.17) is 4.74 Å². The molecule has 0 atom stereocenters. The van der Waals surface area contributed by atoms with Crippen molar-refractivity contribution in [1.29, 1.82) is 0 Å². The highest BCUT2D eigenvalue weighted by atomic mass is 16.6. The van der Waals surface area contributed by atoms with Gasteiger partial charge in [0.2, 0.25) is 0 Å². The molecule has 0 saturated carbocycles. The molecule has 2 N–H and O–H groups in total. The first kappa shape index (κ1) is 18.2. The second-order valence-corrected chi connectivity index (χ2v) is 5.98. The number of hydrogen-bond acceptors (Lipinski definition) is 3. The molecular formula is C17H29N5O2. The summed E-state index contributed by atoms with van der Waals surface area (Å²) in [6.45, 7) is 7.22. The van der Waals surface area contributed by atoms with Gasteiger partial charge >= 0.3 is 6.09 Å². The number of aliphatic imine (C=N–C) groups is 1. The Kier molecular flexibility index (Phi) is 6.96. The molecule has 0 bridgehead atoms. The lowest BCUT2D eigenvalue weighted by atomic mass is 10.1. The number of hydrogen-bond donors (Lipinski definition) is 2. The van der Waals surface area contributed by atoms with E-state index in [1.54, 1.807) is 4.90 Å². The summed E-state index contributed by atoms with van der Waals surface area (Å²) in [5.41, 5.74) is 1.19. The quantitative estimate of drug-likeness (QED) is 0.635. The monoisotopic (exact) mass is 335 g/mol. The fourth-order valence-electron chi connectivity index (χ4n) is 2.76. The molecular weight excluding hydrogens is 306 g/mol. The lowest BCUT2D eigenvalue weighted by Crippen LogP contribution is -2.49. The molecule has 0 unspecified atom stereocenters. The van der Waals surface area contributed by atoms with Crippen LogP contribution in [0.1, 0.15) is 32.3 Å². The van der Waals surface area contributed by atoms with Crippen LogP contribution in [0.25, 0.3) is 0 Å². The van der Waals surface area contributed by atoms with E-state index in [0.29, 0.717) is 32.3 Å². The molecule has 0 aromatic carbocycles. The zero-order valence-electron chi connectivity index (χ0n) is 14.9. The van der Waals surface area contributed by atoms with Gasteiger partial charge in [-0.1, -0.05) is 0 Å². The molecule has 0 spiro atoms. The summed E-state index contributed by atoms with van der Waals surface area (Å²) in [7, 11) is 2.01. The van der Waals surface area contributed by atoms with Crippen LogP contribution in [0.4, 0.5) is 4.79 Å².